The minimum absolute atomic E-state index is 0.0996. The van der Waals surface area contributed by atoms with Crippen LogP contribution in [-0.2, 0) is 11.3 Å². The molecule has 5 nitrogen and oxygen atoms in total. The third-order valence-corrected chi connectivity index (χ3v) is 3.25. The highest BCUT2D eigenvalue weighted by Gasteiger charge is 2.09. The number of nitrogens with one attached hydrogen (secondary N) is 1. The standard InChI is InChI=1S/C18H19NO4/c1-13(20)16-8-3-4-9-17(16)23-12-18(21)19-11-14-6-5-7-15(10-14)22-2/h3-10H,11-12H2,1-2H3,(H,19,21). The van der Waals surface area contributed by atoms with Gasteiger partial charge in [-0.15, -0.1) is 0 Å². The van der Waals surface area contributed by atoms with Gasteiger partial charge in [0.1, 0.15) is 11.5 Å². The number of hydrogen-bond donors (Lipinski definition) is 1. The molecule has 0 aliphatic rings. The first-order chi connectivity index (χ1) is 11.1. The Hall–Kier alpha value is -2.82. The first kappa shape index (κ1) is 16.5. The number of amides is 1. The molecule has 0 atom stereocenters. The molecule has 0 heterocycles. The third kappa shape index (κ3) is 4.85. The Balaban J connectivity index is 1.87. The van der Waals surface area contributed by atoms with Gasteiger partial charge < -0.3 is 14.8 Å². The number of hydrogen-bond acceptors (Lipinski definition) is 4. The second kappa shape index (κ2) is 7.98. The fraction of sp³-hybridized carbons (Fsp3) is 0.222. The zero-order valence-electron chi connectivity index (χ0n) is 13.2. The van der Waals surface area contributed by atoms with Crippen LogP contribution in [0, 0.1) is 0 Å². The highest BCUT2D eigenvalue weighted by molar-refractivity contribution is 5.96. The smallest absolute Gasteiger partial charge is 0.258 e. The summed E-state index contributed by atoms with van der Waals surface area (Å²) in [5, 5.41) is 2.76. The van der Waals surface area contributed by atoms with Gasteiger partial charge >= 0.3 is 0 Å². The van der Waals surface area contributed by atoms with Gasteiger partial charge in [-0.05, 0) is 36.8 Å². The van der Waals surface area contributed by atoms with Crippen LogP contribution in [0.3, 0.4) is 0 Å². The summed E-state index contributed by atoms with van der Waals surface area (Å²) >= 11 is 0. The molecule has 0 aliphatic heterocycles. The summed E-state index contributed by atoms with van der Waals surface area (Å²) in [6.45, 7) is 1.70. The molecule has 1 amide bonds. The maximum absolute atomic E-state index is 11.9. The van der Waals surface area contributed by atoms with E-state index < -0.39 is 0 Å². The predicted molar refractivity (Wildman–Crippen MR) is 86.8 cm³/mol. The van der Waals surface area contributed by atoms with E-state index in [9.17, 15) is 9.59 Å². The van der Waals surface area contributed by atoms with Gasteiger partial charge in [0.05, 0.1) is 12.7 Å². The van der Waals surface area contributed by atoms with Crippen molar-refractivity contribution in [1.29, 1.82) is 0 Å². The number of benzene rings is 2. The molecule has 0 saturated carbocycles. The molecule has 0 radical (unpaired) electrons. The van der Waals surface area contributed by atoms with Gasteiger partial charge in [0.25, 0.3) is 5.91 Å². The van der Waals surface area contributed by atoms with Crippen molar-refractivity contribution in [3.8, 4) is 11.5 Å². The van der Waals surface area contributed by atoms with Crippen molar-refractivity contribution in [2.24, 2.45) is 0 Å². The molecule has 0 aromatic heterocycles. The summed E-state index contributed by atoms with van der Waals surface area (Å²) < 4.78 is 10.6. The maximum atomic E-state index is 11.9. The van der Waals surface area contributed by atoms with Gasteiger partial charge in [-0.1, -0.05) is 24.3 Å². The van der Waals surface area contributed by atoms with E-state index in [4.69, 9.17) is 9.47 Å². The molecule has 2 aromatic rings. The van der Waals surface area contributed by atoms with Gasteiger partial charge in [0.2, 0.25) is 0 Å². The Labute approximate surface area is 135 Å². The highest BCUT2D eigenvalue weighted by atomic mass is 16.5. The van der Waals surface area contributed by atoms with Crippen LogP contribution in [0.5, 0.6) is 11.5 Å². The lowest BCUT2D eigenvalue weighted by Gasteiger charge is -2.10. The molecule has 2 rings (SSSR count). The van der Waals surface area contributed by atoms with Gasteiger partial charge in [-0.25, -0.2) is 0 Å². The van der Waals surface area contributed by atoms with Crippen LogP contribution in [0.2, 0.25) is 0 Å². The number of methoxy groups -OCH3 is 1. The van der Waals surface area contributed by atoms with E-state index in [1.165, 1.54) is 6.92 Å². The van der Waals surface area contributed by atoms with E-state index in [1.54, 1.807) is 31.4 Å². The zero-order valence-corrected chi connectivity index (χ0v) is 13.2. The van der Waals surface area contributed by atoms with Crippen molar-refractivity contribution in [2.75, 3.05) is 13.7 Å². The molecule has 0 bridgehead atoms. The molecular formula is C18H19NO4. The SMILES string of the molecule is COc1cccc(CNC(=O)COc2ccccc2C(C)=O)c1. The molecule has 0 aliphatic carbocycles. The van der Waals surface area contributed by atoms with Crippen molar-refractivity contribution in [2.45, 2.75) is 13.5 Å². The van der Waals surface area contributed by atoms with E-state index in [0.717, 1.165) is 11.3 Å². The van der Waals surface area contributed by atoms with E-state index >= 15 is 0 Å². The lowest BCUT2D eigenvalue weighted by atomic mass is 10.1. The van der Waals surface area contributed by atoms with E-state index in [-0.39, 0.29) is 18.3 Å². The summed E-state index contributed by atoms with van der Waals surface area (Å²) in [5.41, 5.74) is 1.40. The molecule has 2 aromatic carbocycles. The van der Waals surface area contributed by atoms with Crippen molar-refractivity contribution in [3.05, 3.63) is 59.7 Å². The van der Waals surface area contributed by atoms with Crippen molar-refractivity contribution in [1.82, 2.24) is 5.32 Å². The normalized spacial score (nSPS) is 10.0. The Morgan fingerprint density at radius 2 is 1.87 bits per heavy atom. The average Bonchev–Trinajstić information content (AvgIpc) is 2.58. The Morgan fingerprint density at radius 1 is 1.09 bits per heavy atom. The molecule has 23 heavy (non-hydrogen) atoms. The summed E-state index contributed by atoms with van der Waals surface area (Å²) in [7, 11) is 1.60. The van der Waals surface area contributed by atoms with Crippen molar-refractivity contribution >= 4 is 11.7 Å². The average molecular weight is 313 g/mol. The largest absolute Gasteiger partial charge is 0.497 e. The fourth-order valence-corrected chi connectivity index (χ4v) is 2.06. The van der Waals surface area contributed by atoms with E-state index in [0.29, 0.717) is 17.9 Å². The van der Waals surface area contributed by atoms with Crippen LogP contribution >= 0.6 is 0 Å². The molecular weight excluding hydrogens is 294 g/mol. The van der Waals surface area contributed by atoms with E-state index in [1.807, 2.05) is 24.3 Å². The quantitative estimate of drug-likeness (QED) is 0.798. The molecule has 0 saturated heterocycles. The number of Topliss-reactive ketones (excluding diaryl/α,β-unsaturated/α-hetero) is 1. The monoisotopic (exact) mass is 313 g/mol. The topological polar surface area (TPSA) is 64.6 Å². The lowest BCUT2D eigenvalue weighted by molar-refractivity contribution is -0.123. The molecule has 120 valence electrons. The first-order valence-electron chi connectivity index (χ1n) is 7.22. The Bertz CT molecular complexity index is 697. The zero-order chi connectivity index (χ0) is 16.7. The van der Waals surface area contributed by atoms with Crippen molar-refractivity contribution < 1.29 is 19.1 Å². The molecule has 0 fully saturated rings. The third-order valence-electron chi connectivity index (χ3n) is 3.25. The predicted octanol–water partition coefficient (Wildman–Crippen LogP) is 2.59. The maximum Gasteiger partial charge on any atom is 0.258 e. The minimum Gasteiger partial charge on any atom is -0.497 e. The fourth-order valence-electron chi connectivity index (χ4n) is 2.06. The van der Waals surface area contributed by atoms with E-state index in [2.05, 4.69) is 5.32 Å². The number of ketones is 1. The van der Waals surface area contributed by atoms with Crippen LogP contribution in [0.4, 0.5) is 0 Å². The molecule has 1 N–H and O–H groups in total. The van der Waals surface area contributed by atoms with Gasteiger partial charge in [-0.2, -0.15) is 0 Å². The molecule has 5 heteroatoms. The van der Waals surface area contributed by atoms with Crippen LogP contribution in [0.25, 0.3) is 0 Å². The summed E-state index contributed by atoms with van der Waals surface area (Å²) in [4.78, 5) is 23.4. The first-order valence-corrected chi connectivity index (χ1v) is 7.22. The van der Waals surface area contributed by atoms with Crippen LogP contribution in [0.1, 0.15) is 22.8 Å². The lowest BCUT2D eigenvalue weighted by Crippen LogP contribution is -2.28. The van der Waals surface area contributed by atoms with Crippen molar-refractivity contribution in [3.63, 3.8) is 0 Å². The second-order valence-electron chi connectivity index (χ2n) is 4.97. The number of carbonyl (C=O) groups is 2. The summed E-state index contributed by atoms with van der Waals surface area (Å²) in [6.07, 6.45) is 0. The highest BCUT2D eigenvalue weighted by Crippen LogP contribution is 2.18. The summed E-state index contributed by atoms with van der Waals surface area (Å²) in [5.74, 6) is 0.795. The number of ether oxygens (including phenoxy) is 2. The van der Waals surface area contributed by atoms with Gasteiger partial charge in [0, 0.05) is 6.54 Å². The molecule has 0 unspecified atom stereocenters. The van der Waals surface area contributed by atoms with Gasteiger partial charge in [-0.3, -0.25) is 9.59 Å². The summed E-state index contributed by atoms with van der Waals surface area (Å²) in [6, 6.07) is 14.3. The number of para-hydroxylation sites is 1. The second-order valence-corrected chi connectivity index (χ2v) is 4.97. The van der Waals surface area contributed by atoms with Crippen LogP contribution in [-0.4, -0.2) is 25.4 Å². The Kier molecular flexibility index (Phi) is 5.74. The van der Waals surface area contributed by atoms with Crippen LogP contribution in [0.15, 0.2) is 48.5 Å². The Morgan fingerprint density at radius 3 is 2.61 bits per heavy atom. The van der Waals surface area contributed by atoms with Gasteiger partial charge in [0.15, 0.2) is 12.4 Å². The number of rotatable bonds is 7. The van der Waals surface area contributed by atoms with Crippen LogP contribution < -0.4 is 14.8 Å². The number of carbonyl (C=O) groups excluding carboxylic acids is 2. The minimum atomic E-state index is -0.258. The molecule has 0 spiro atoms.